The Kier molecular flexibility index (Phi) is 11.6. The van der Waals surface area contributed by atoms with Crippen LogP contribution in [0.15, 0.2) is 43.0 Å². The van der Waals surface area contributed by atoms with E-state index in [-0.39, 0.29) is 19.3 Å². The highest BCUT2D eigenvalue weighted by molar-refractivity contribution is 5.96. The van der Waals surface area contributed by atoms with E-state index in [0.717, 1.165) is 10.9 Å². The number of hydrogen-bond donors (Lipinski definition) is 9. The summed E-state index contributed by atoms with van der Waals surface area (Å²) in [7, 11) is 0. The number of nitrogens with zero attached hydrogens (tertiary/aromatic N) is 1. The van der Waals surface area contributed by atoms with Gasteiger partial charge in [0.2, 0.25) is 17.7 Å². The van der Waals surface area contributed by atoms with Gasteiger partial charge in [0.25, 0.3) is 0 Å². The standard InChI is InChI=1S/C27H36N8O7/c28-8-4-3-7-20(25(39)35-22(27(41)42)9-15-12-31-19-6-2-1-5-17(15)19)33-26(40)21(11-23(36)37)34-24(38)18(29)10-16-13-30-14-32-16/h1-2,5-6,12-14,18,20-22,31H,3-4,7-11,28-29H2,(H,30,32)(H,33,40)(H,34,38)(H,35,39)(H,36,37)(H,41,42). The maximum atomic E-state index is 13.3. The van der Waals surface area contributed by atoms with Gasteiger partial charge in [0.05, 0.1) is 18.8 Å². The second-order valence-corrected chi connectivity index (χ2v) is 9.86. The molecule has 4 atom stereocenters. The van der Waals surface area contributed by atoms with E-state index in [2.05, 4.69) is 30.9 Å². The molecule has 0 bridgehead atoms. The third-order valence-electron chi connectivity index (χ3n) is 6.64. The Morgan fingerprint density at radius 2 is 1.57 bits per heavy atom. The molecule has 2 aromatic heterocycles. The predicted octanol–water partition coefficient (Wildman–Crippen LogP) is -0.854. The summed E-state index contributed by atoms with van der Waals surface area (Å²) in [6.07, 6.45) is 4.85. The molecular formula is C27H36N8O7. The highest BCUT2D eigenvalue weighted by atomic mass is 16.4. The lowest BCUT2D eigenvalue weighted by atomic mass is 10.0. The lowest BCUT2D eigenvalue weighted by Gasteiger charge is -2.24. The van der Waals surface area contributed by atoms with Crippen molar-refractivity contribution in [3.8, 4) is 0 Å². The van der Waals surface area contributed by atoms with Gasteiger partial charge in [0.15, 0.2) is 0 Å². The smallest absolute Gasteiger partial charge is 0.326 e. The molecule has 11 N–H and O–H groups in total. The van der Waals surface area contributed by atoms with Gasteiger partial charge in [-0.2, -0.15) is 0 Å². The topological polar surface area (TPSA) is 258 Å². The average molecular weight is 585 g/mol. The Bertz CT molecular complexity index is 1370. The third kappa shape index (κ3) is 9.14. The number of hydrogen-bond acceptors (Lipinski definition) is 8. The van der Waals surface area contributed by atoms with Gasteiger partial charge in [-0.25, -0.2) is 9.78 Å². The van der Waals surface area contributed by atoms with E-state index in [1.54, 1.807) is 6.20 Å². The molecule has 3 amide bonds. The Labute approximate surface area is 240 Å². The number of amides is 3. The van der Waals surface area contributed by atoms with Crippen molar-refractivity contribution in [2.75, 3.05) is 6.54 Å². The summed E-state index contributed by atoms with van der Waals surface area (Å²) in [4.78, 5) is 72.3. The van der Waals surface area contributed by atoms with Gasteiger partial charge in [-0.15, -0.1) is 0 Å². The van der Waals surface area contributed by atoms with Crippen LogP contribution in [0.5, 0.6) is 0 Å². The third-order valence-corrected chi connectivity index (χ3v) is 6.64. The Morgan fingerprint density at radius 3 is 2.24 bits per heavy atom. The molecule has 0 saturated heterocycles. The van der Waals surface area contributed by atoms with Gasteiger partial charge in [0, 0.05) is 41.8 Å². The normalized spacial score (nSPS) is 14.0. The molecule has 0 spiro atoms. The van der Waals surface area contributed by atoms with E-state index < -0.39 is 60.2 Å². The fourth-order valence-corrected chi connectivity index (χ4v) is 4.42. The maximum absolute atomic E-state index is 13.3. The first-order valence-corrected chi connectivity index (χ1v) is 13.4. The number of carbonyl (C=O) groups excluding carboxylic acids is 3. The summed E-state index contributed by atoms with van der Waals surface area (Å²) in [5.41, 5.74) is 13.5. The number of carboxylic acids is 2. The molecule has 226 valence electrons. The van der Waals surface area contributed by atoms with Gasteiger partial charge >= 0.3 is 11.9 Å². The van der Waals surface area contributed by atoms with Crippen LogP contribution in [0, 0.1) is 0 Å². The van der Waals surface area contributed by atoms with Gasteiger partial charge in [-0.05, 0) is 37.4 Å². The van der Waals surface area contributed by atoms with Crippen molar-refractivity contribution in [3.05, 3.63) is 54.2 Å². The van der Waals surface area contributed by atoms with Crippen LogP contribution in [0.4, 0.5) is 0 Å². The van der Waals surface area contributed by atoms with E-state index in [1.807, 2.05) is 24.3 Å². The molecule has 0 saturated carbocycles. The molecule has 0 aliphatic heterocycles. The molecule has 0 fully saturated rings. The summed E-state index contributed by atoms with van der Waals surface area (Å²) >= 11 is 0. The first-order valence-electron chi connectivity index (χ1n) is 13.4. The Hall–Kier alpha value is -4.76. The van der Waals surface area contributed by atoms with Crippen molar-refractivity contribution in [3.63, 3.8) is 0 Å². The van der Waals surface area contributed by atoms with E-state index in [9.17, 15) is 34.2 Å². The minimum absolute atomic E-state index is 0.0273. The molecule has 15 nitrogen and oxygen atoms in total. The van der Waals surface area contributed by atoms with Gasteiger partial charge in [0.1, 0.15) is 18.1 Å². The van der Waals surface area contributed by atoms with Crippen LogP contribution in [0.3, 0.4) is 0 Å². The first-order chi connectivity index (χ1) is 20.1. The van der Waals surface area contributed by atoms with Crippen LogP contribution in [0.25, 0.3) is 10.9 Å². The summed E-state index contributed by atoms with van der Waals surface area (Å²) in [6, 6.07) is 2.12. The van der Waals surface area contributed by atoms with Crippen molar-refractivity contribution in [2.45, 2.75) is 62.7 Å². The molecule has 42 heavy (non-hydrogen) atoms. The minimum Gasteiger partial charge on any atom is -0.481 e. The van der Waals surface area contributed by atoms with Gasteiger partial charge in [-0.1, -0.05) is 18.2 Å². The fraction of sp³-hybridized carbons (Fsp3) is 0.407. The second-order valence-electron chi connectivity index (χ2n) is 9.86. The molecule has 3 aromatic rings. The maximum Gasteiger partial charge on any atom is 0.326 e. The molecule has 1 aromatic carbocycles. The van der Waals surface area contributed by atoms with E-state index in [0.29, 0.717) is 30.6 Å². The summed E-state index contributed by atoms with van der Waals surface area (Å²) in [5, 5.41) is 27.3. The summed E-state index contributed by atoms with van der Waals surface area (Å²) < 4.78 is 0. The number of aliphatic carboxylic acids is 2. The lowest BCUT2D eigenvalue weighted by molar-refractivity contribution is -0.143. The summed E-state index contributed by atoms with van der Waals surface area (Å²) in [6.45, 7) is 0.326. The zero-order chi connectivity index (χ0) is 30.6. The van der Waals surface area contributed by atoms with Crippen LogP contribution >= 0.6 is 0 Å². The van der Waals surface area contributed by atoms with Crippen molar-refractivity contribution in [1.29, 1.82) is 0 Å². The monoisotopic (exact) mass is 584 g/mol. The molecule has 2 heterocycles. The zero-order valence-corrected chi connectivity index (χ0v) is 22.8. The SMILES string of the molecule is NCCCCC(NC(=O)C(CC(=O)O)NC(=O)C(N)Cc1cnc[nH]1)C(=O)NC(Cc1c[nH]c2ccccc12)C(=O)O. The van der Waals surface area contributed by atoms with Crippen LogP contribution in [0.2, 0.25) is 0 Å². The van der Waals surface area contributed by atoms with Crippen LogP contribution < -0.4 is 27.4 Å². The number of nitrogens with one attached hydrogen (secondary N) is 5. The van der Waals surface area contributed by atoms with Crippen molar-refractivity contribution >= 4 is 40.6 Å². The first kappa shape index (κ1) is 31.8. The van der Waals surface area contributed by atoms with Crippen molar-refractivity contribution in [2.24, 2.45) is 11.5 Å². The fourth-order valence-electron chi connectivity index (χ4n) is 4.42. The van der Waals surface area contributed by atoms with E-state index >= 15 is 0 Å². The second kappa shape index (κ2) is 15.3. The molecule has 0 aliphatic rings. The Balaban J connectivity index is 1.72. The minimum atomic E-state index is -1.55. The molecule has 3 rings (SSSR count). The quantitative estimate of drug-likeness (QED) is 0.0887. The average Bonchev–Trinajstić information content (AvgIpc) is 3.61. The number of aromatic amines is 2. The number of nitrogens with two attached hydrogens (primary N) is 2. The molecule has 15 heteroatoms. The highest BCUT2D eigenvalue weighted by Gasteiger charge is 2.31. The number of aromatic nitrogens is 3. The van der Waals surface area contributed by atoms with Crippen LogP contribution in [0.1, 0.15) is 36.9 Å². The summed E-state index contributed by atoms with van der Waals surface area (Å²) in [5.74, 6) is -5.13. The molecular weight excluding hydrogens is 548 g/mol. The highest BCUT2D eigenvalue weighted by Crippen LogP contribution is 2.19. The van der Waals surface area contributed by atoms with Crippen LogP contribution in [-0.4, -0.2) is 85.5 Å². The lowest BCUT2D eigenvalue weighted by Crippen LogP contribution is -2.57. The number of rotatable bonds is 17. The number of carbonyl (C=O) groups is 5. The largest absolute Gasteiger partial charge is 0.481 e. The number of para-hydroxylation sites is 1. The van der Waals surface area contributed by atoms with Crippen molar-refractivity contribution < 1.29 is 34.2 Å². The number of imidazole rings is 1. The van der Waals surface area contributed by atoms with E-state index in [4.69, 9.17) is 11.5 Å². The van der Waals surface area contributed by atoms with Crippen molar-refractivity contribution in [1.82, 2.24) is 30.9 Å². The van der Waals surface area contributed by atoms with E-state index in [1.165, 1.54) is 12.5 Å². The number of benzene rings is 1. The van der Waals surface area contributed by atoms with Gasteiger partial charge in [-0.3, -0.25) is 19.2 Å². The predicted molar refractivity (Wildman–Crippen MR) is 151 cm³/mol. The molecule has 0 radical (unpaired) electrons. The number of unbranched alkanes of at least 4 members (excludes halogenated alkanes) is 1. The number of carboxylic acid groups (broad SMARTS) is 2. The van der Waals surface area contributed by atoms with Gasteiger partial charge < -0.3 is 47.6 Å². The zero-order valence-electron chi connectivity index (χ0n) is 22.8. The Morgan fingerprint density at radius 1 is 0.881 bits per heavy atom. The molecule has 4 unspecified atom stereocenters. The number of H-pyrrole nitrogens is 2. The molecule has 0 aliphatic carbocycles. The van der Waals surface area contributed by atoms with Crippen LogP contribution in [-0.2, 0) is 36.8 Å². The number of fused-ring (bicyclic) bond motifs is 1.